The third-order valence-corrected chi connectivity index (χ3v) is 3.12. The van der Waals surface area contributed by atoms with E-state index in [1.165, 1.54) is 0 Å². The smallest absolute Gasteiger partial charge is 0.250 e. The van der Waals surface area contributed by atoms with Gasteiger partial charge in [-0.25, -0.2) is 4.98 Å². The summed E-state index contributed by atoms with van der Waals surface area (Å²) in [6, 6.07) is 11.1. The molecule has 2 aromatic heterocycles. The number of nitrogens with two attached hydrogens (primary N) is 1. The van der Waals surface area contributed by atoms with Crippen molar-refractivity contribution in [3.05, 3.63) is 54.4 Å². The van der Waals surface area contributed by atoms with Gasteiger partial charge in [-0.05, 0) is 24.3 Å². The Morgan fingerprint density at radius 1 is 1.20 bits per heavy atom. The largest absolute Gasteiger partial charge is 0.496 e. The SMILES string of the molecule is COc1ccccc1-c1cn2cc(C(N)=O)ccc2n1. The summed E-state index contributed by atoms with van der Waals surface area (Å²) in [6.45, 7) is 0. The number of hydrogen-bond acceptors (Lipinski definition) is 3. The third-order valence-electron chi connectivity index (χ3n) is 3.12. The summed E-state index contributed by atoms with van der Waals surface area (Å²) in [5.74, 6) is 0.297. The van der Waals surface area contributed by atoms with Gasteiger partial charge in [-0.15, -0.1) is 0 Å². The molecule has 0 saturated heterocycles. The third kappa shape index (κ3) is 1.99. The quantitative estimate of drug-likeness (QED) is 0.790. The highest BCUT2D eigenvalue weighted by Gasteiger charge is 2.10. The van der Waals surface area contributed by atoms with Crippen LogP contribution in [0.15, 0.2) is 48.8 Å². The molecule has 2 N–H and O–H groups in total. The molecule has 0 radical (unpaired) electrons. The van der Waals surface area contributed by atoms with Crippen LogP contribution in [0.1, 0.15) is 10.4 Å². The molecule has 0 aliphatic rings. The number of aromatic nitrogens is 2. The first-order chi connectivity index (χ1) is 9.69. The number of rotatable bonds is 3. The van der Waals surface area contributed by atoms with E-state index in [0.717, 1.165) is 22.7 Å². The van der Waals surface area contributed by atoms with Crippen molar-refractivity contribution in [2.75, 3.05) is 7.11 Å². The van der Waals surface area contributed by atoms with E-state index in [0.29, 0.717) is 5.56 Å². The maximum absolute atomic E-state index is 11.2. The lowest BCUT2D eigenvalue weighted by atomic mass is 10.1. The molecule has 0 bridgehead atoms. The zero-order valence-electron chi connectivity index (χ0n) is 10.9. The van der Waals surface area contributed by atoms with Crippen molar-refractivity contribution < 1.29 is 9.53 Å². The maximum atomic E-state index is 11.2. The van der Waals surface area contributed by atoms with Crippen molar-refractivity contribution in [1.82, 2.24) is 9.38 Å². The molecule has 0 unspecified atom stereocenters. The Hall–Kier alpha value is -2.82. The lowest BCUT2D eigenvalue weighted by Gasteiger charge is -2.04. The van der Waals surface area contributed by atoms with Crippen molar-refractivity contribution in [3.63, 3.8) is 0 Å². The summed E-state index contributed by atoms with van der Waals surface area (Å²) in [5, 5.41) is 0. The van der Waals surface area contributed by atoms with Crippen molar-refractivity contribution in [2.24, 2.45) is 5.73 Å². The normalized spacial score (nSPS) is 10.7. The number of fused-ring (bicyclic) bond motifs is 1. The van der Waals surface area contributed by atoms with Crippen molar-refractivity contribution >= 4 is 11.6 Å². The van der Waals surface area contributed by atoms with E-state index in [4.69, 9.17) is 10.5 Å². The molecule has 20 heavy (non-hydrogen) atoms. The zero-order chi connectivity index (χ0) is 14.1. The van der Waals surface area contributed by atoms with E-state index in [1.807, 2.05) is 30.5 Å². The molecule has 0 aliphatic carbocycles. The topological polar surface area (TPSA) is 69.6 Å². The van der Waals surface area contributed by atoms with Crippen LogP contribution < -0.4 is 10.5 Å². The molecule has 100 valence electrons. The number of benzene rings is 1. The van der Waals surface area contributed by atoms with E-state index in [2.05, 4.69) is 4.98 Å². The van der Waals surface area contributed by atoms with Gasteiger partial charge in [0.25, 0.3) is 0 Å². The number of methoxy groups -OCH3 is 1. The summed E-state index contributed by atoms with van der Waals surface area (Å²) < 4.78 is 7.11. The highest BCUT2D eigenvalue weighted by atomic mass is 16.5. The minimum atomic E-state index is -0.459. The number of imidazole rings is 1. The number of amides is 1. The molecule has 3 aromatic rings. The Morgan fingerprint density at radius 3 is 2.75 bits per heavy atom. The molecule has 0 aliphatic heterocycles. The molecule has 0 saturated carbocycles. The molecule has 0 atom stereocenters. The first kappa shape index (κ1) is 12.2. The highest BCUT2D eigenvalue weighted by molar-refractivity contribution is 5.92. The molecule has 2 heterocycles. The van der Waals surface area contributed by atoms with Gasteiger partial charge in [0.15, 0.2) is 0 Å². The minimum Gasteiger partial charge on any atom is -0.496 e. The summed E-state index contributed by atoms with van der Waals surface area (Å²) >= 11 is 0. The van der Waals surface area contributed by atoms with Gasteiger partial charge in [-0.1, -0.05) is 12.1 Å². The molecule has 0 spiro atoms. The fourth-order valence-corrected chi connectivity index (χ4v) is 2.12. The standard InChI is InChI=1S/C15H13N3O2/c1-20-13-5-3-2-4-11(13)12-9-18-8-10(15(16)19)6-7-14(18)17-12/h2-9H,1H3,(H2,16,19). The van der Waals surface area contributed by atoms with Gasteiger partial charge >= 0.3 is 0 Å². The van der Waals surface area contributed by atoms with Crippen LogP contribution in [-0.2, 0) is 0 Å². The zero-order valence-corrected chi connectivity index (χ0v) is 10.9. The van der Waals surface area contributed by atoms with Crippen LogP contribution in [0.25, 0.3) is 16.9 Å². The van der Waals surface area contributed by atoms with Gasteiger partial charge in [0.05, 0.1) is 18.4 Å². The number of primary amides is 1. The van der Waals surface area contributed by atoms with Crippen molar-refractivity contribution in [3.8, 4) is 17.0 Å². The van der Waals surface area contributed by atoms with Crippen LogP contribution >= 0.6 is 0 Å². The number of ether oxygens (including phenoxy) is 1. The molecule has 1 aromatic carbocycles. The van der Waals surface area contributed by atoms with E-state index in [1.54, 1.807) is 29.8 Å². The van der Waals surface area contributed by atoms with Gasteiger partial charge < -0.3 is 14.9 Å². The predicted molar refractivity (Wildman–Crippen MR) is 75.7 cm³/mol. The maximum Gasteiger partial charge on any atom is 0.250 e. The Bertz CT molecular complexity index is 793. The number of nitrogens with zero attached hydrogens (tertiary/aromatic N) is 2. The fraction of sp³-hybridized carbons (Fsp3) is 0.0667. The number of para-hydroxylation sites is 1. The number of carbonyl (C=O) groups excluding carboxylic acids is 1. The summed E-state index contributed by atoms with van der Waals surface area (Å²) in [6.07, 6.45) is 3.52. The van der Waals surface area contributed by atoms with Crippen LogP contribution in [0.5, 0.6) is 5.75 Å². The van der Waals surface area contributed by atoms with Gasteiger partial charge in [-0.3, -0.25) is 4.79 Å². The van der Waals surface area contributed by atoms with E-state index < -0.39 is 5.91 Å². The van der Waals surface area contributed by atoms with Crippen LogP contribution in [0.2, 0.25) is 0 Å². The van der Waals surface area contributed by atoms with Crippen LogP contribution in [0.4, 0.5) is 0 Å². The summed E-state index contributed by atoms with van der Waals surface area (Å²) in [4.78, 5) is 15.7. The summed E-state index contributed by atoms with van der Waals surface area (Å²) in [7, 11) is 1.62. The van der Waals surface area contributed by atoms with Crippen LogP contribution in [0.3, 0.4) is 0 Å². The molecular weight excluding hydrogens is 254 g/mol. The monoisotopic (exact) mass is 267 g/mol. The van der Waals surface area contributed by atoms with Crippen molar-refractivity contribution in [1.29, 1.82) is 0 Å². The van der Waals surface area contributed by atoms with Crippen LogP contribution in [0, 0.1) is 0 Å². The first-order valence-electron chi connectivity index (χ1n) is 6.11. The first-order valence-corrected chi connectivity index (χ1v) is 6.11. The highest BCUT2D eigenvalue weighted by Crippen LogP contribution is 2.28. The lowest BCUT2D eigenvalue weighted by Crippen LogP contribution is -2.11. The predicted octanol–water partition coefficient (Wildman–Crippen LogP) is 2.11. The molecule has 5 nitrogen and oxygen atoms in total. The summed E-state index contributed by atoms with van der Waals surface area (Å²) in [5.41, 5.74) is 8.15. The number of hydrogen-bond donors (Lipinski definition) is 1. The number of carbonyl (C=O) groups is 1. The van der Waals surface area contributed by atoms with E-state index >= 15 is 0 Å². The fourth-order valence-electron chi connectivity index (χ4n) is 2.12. The van der Waals surface area contributed by atoms with Crippen molar-refractivity contribution in [2.45, 2.75) is 0 Å². The second-order valence-electron chi connectivity index (χ2n) is 4.37. The Balaban J connectivity index is 2.15. The van der Waals surface area contributed by atoms with Gasteiger partial charge in [0.1, 0.15) is 11.4 Å². The minimum absolute atomic E-state index is 0.446. The Morgan fingerprint density at radius 2 is 2.00 bits per heavy atom. The average molecular weight is 267 g/mol. The van der Waals surface area contributed by atoms with Gasteiger partial charge in [0, 0.05) is 18.0 Å². The molecule has 1 amide bonds. The molecule has 0 fully saturated rings. The van der Waals surface area contributed by atoms with E-state index in [9.17, 15) is 4.79 Å². The molecule has 5 heteroatoms. The Kier molecular flexibility index (Phi) is 2.87. The molecular formula is C15H13N3O2. The van der Waals surface area contributed by atoms with Crippen LogP contribution in [-0.4, -0.2) is 22.4 Å². The van der Waals surface area contributed by atoms with Gasteiger partial charge in [0.2, 0.25) is 5.91 Å². The second kappa shape index (κ2) is 4.70. The molecule has 3 rings (SSSR count). The Labute approximate surface area is 115 Å². The average Bonchev–Trinajstić information content (AvgIpc) is 2.89. The van der Waals surface area contributed by atoms with Gasteiger partial charge in [-0.2, -0.15) is 0 Å². The van der Waals surface area contributed by atoms with E-state index in [-0.39, 0.29) is 0 Å². The lowest BCUT2D eigenvalue weighted by molar-refractivity contribution is 0.1000. The second-order valence-corrected chi connectivity index (χ2v) is 4.37. The number of pyridine rings is 1.